The summed E-state index contributed by atoms with van der Waals surface area (Å²) in [4.78, 5) is 11.5. The van der Waals surface area contributed by atoms with Crippen molar-refractivity contribution in [3.05, 3.63) is 63.9 Å². The van der Waals surface area contributed by atoms with E-state index in [1.165, 1.54) is 0 Å². The molecule has 0 bridgehead atoms. The molecule has 2 aromatic carbocycles. The van der Waals surface area contributed by atoms with Crippen LogP contribution in [0.4, 0.5) is 13.2 Å². The van der Waals surface area contributed by atoms with Crippen LogP contribution in [0.15, 0.2) is 45.8 Å². The molecule has 25 heavy (non-hydrogen) atoms. The van der Waals surface area contributed by atoms with Crippen LogP contribution in [-0.2, 0) is 19.6 Å². The van der Waals surface area contributed by atoms with E-state index in [0.29, 0.717) is 6.07 Å². The third kappa shape index (κ3) is 4.39. The first-order valence-corrected chi connectivity index (χ1v) is 8.93. The van der Waals surface area contributed by atoms with Crippen molar-refractivity contribution in [2.75, 3.05) is 7.11 Å². The van der Waals surface area contributed by atoms with Gasteiger partial charge in [0.25, 0.3) is 0 Å². The number of hydrogen-bond donors (Lipinski definition) is 1. The maximum absolute atomic E-state index is 14.0. The highest BCUT2D eigenvalue weighted by molar-refractivity contribution is 9.10. The van der Waals surface area contributed by atoms with Crippen molar-refractivity contribution in [3.8, 4) is 0 Å². The van der Waals surface area contributed by atoms with Crippen LogP contribution in [0.2, 0.25) is 0 Å². The average Bonchev–Trinajstić information content (AvgIpc) is 2.54. The molecule has 0 spiro atoms. The first-order valence-electron chi connectivity index (χ1n) is 6.66. The van der Waals surface area contributed by atoms with Gasteiger partial charge in [0.05, 0.1) is 12.0 Å². The van der Waals surface area contributed by atoms with Gasteiger partial charge in [0.1, 0.15) is 23.5 Å². The fourth-order valence-corrected chi connectivity index (χ4v) is 4.22. The summed E-state index contributed by atoms with van der Waals surface area (Å²) in [6.07, 6.45) is 0. The summed E-state index contributed by atoms with van der Waals surface area (Å²) in [6, 6.07) is 3.18. The zero-order valence-electron chi connectivity index (χ0n) is 12.6. The molecule has 0 amide bonds. The van der Waals surface area contributed by atoms with Crippen molar-refractivity contribution in [3.63, 3.8) is 0 Å². The first kappa shape index (κ1) is 19.4. The maximum Gasteiger partial charge on any atom is 0.328 e. The summed E-state index contributed by atoms with van der Waals surface area (Å²) in [5.41, 5.74) is -0.548. The van der Waals surface area contributed by atoms with Gasteiger partial charge in [-0.15, -0.1) is 0 Å². The molecule has 10 heteroatoms. The third-order valence-corrected chi connectivity index (χ3v) is 5.56. The van der Waals surface area contributed by atoms with Crippen molar-refractivity contribution < 1.29 is 31.1 Å². The van der Waals surface area contributed by atoms with Crippen LogP contribution in [0.3, 0.4) is 0 Å². The number of ether oxygens (including phenoxy) is 1. The minimum Gasteiger partial charge on any atom is -0.468 e. The van der Waals surface area contributed by atoms with E-state index in [1.807, 2.05) is 4.72 Å². The lowest BCUT2D eigenvalue weighted by Crippen LogP contribution is -2.35. The Morgan fingerprint density at radius 1 is 1.12 bits per heavy atom. The van der Waals surface area contributed by atoms with Crippen LogP contribution < -0.4 is 4.72 Å². The molecule has 0 aliphatic rings. The Kier molecular flexibility index (Phi) is 5.86. The molecule has 0 fully saturated rings. The monoisotopic (exact) mass is 437 g/mol. The van der Waals surface area contributed by atoms with Crippen molar-refractivity contribution in [2.24, 2.45) is 0 Å². The molecule has 0 heterocycles. The largest absolute Gasteiger partial charge is 0.468 e. The van der Waals surface area contributed by atoms with E-state index in [0.717, 1.165) is 37.4 Å². The lowest BCUT2D eigenvalue weighted by atomic mass is 10.1. The number of sulfonamides is 1. The van der Waals surface area contributed by atoms with Gasteiger partial charge in [-0.25, -0.2) is 26.4 Å². The molecule has 1 unspecified atom stereocenters. The Morgan fingerprint density at radius 3 is 2.32 bits per heavy atom. The molecule has 5 nitrogen and oxygen atoms in total. The molecule has 134 valence electrons. The Balaban J connectivity index is 2.50. The minimum atomic E-state index is -4.39. The van der Waals surface area contributed by atoms with Crippen LogP contribution in [0.1, 0.15) is 11.6 Å². The minimum absolute atomic E-state index is 0.108. The molecule has 0 aliphatic heterocycles. The van der Waals surface area contributed by atoms with E-state index in [2.05, 4.69) is 20.7 Å². The van der Waals surface area contributed by atoms with E-state index in [1.54, 1.807) is 0 Å². The highest BCUT2D eigenvalue weighted by atomic mass is 79.9. The average molecular weight is 438 g/mol. The number of carbonyl (C=O) groups excluding carboxylic acids is 1. The number of benzene rings is 2. The van der Waals surface area contributed by atoms with Crippen LogP contribution in [0, 0.1) is 17.5 Å². The van der Waals surface area contributed by atoms with Gasteiger partial charge in [0.2, 0.25) is 10.0 Å². The van der Waals surface area contributed by atoms with Crippen molar-refractivity contribution in [1.29, 1.82) is 0 Å². The SMILES string of the molecule is COC(=O)C(NS(=O)(=O)c1ccc(F)cc1Br)c1cc(F)ccc1F. The molecule has 0 saturated carbocycles. The van der Waals surface area contributed by atoms with E-state index >= 15 is 0 Å². The Bertz CT molecular complexity index is 921. The molecule has 1 atom stereocenters. The lowest BCUT2D eigenvalue weighted by molar-refractivity contribution is -0.142. The van der Waals surface area contributed by atoms with E-state index in [4.69, 9.17) is 0 Å². The van der Waals surface area contributed by atoms with Gasteiger partial charge in [-0.3, -0.25) is 0 Å². The molecule has 0 aliphatic carbocycles. The van der Waals surface area contributed by atoms with Crippen molar-refractivity contribution >= 4 is 31.9 Å². The summed E-state index contributed by atoms with van der Waals surface area (Å²) in [6.45, 7) is 0. The molecule has 0 aromatic heterocycles. The Labute approximate surface area is 150 Å². The van der Waals surface area contributed by atoms with E-state index in [-0.39, 0.29) is 9.37 Å². The summed E-state index contributed by atoms with van der Waals surface area (Å²) >= 11 is 2.90. The summed E-state index contributed by atoms with van der Waals surface area (Å²) in [7, 11) is -3.43. The fourth-order valence-electron chi connectivity index (χ4n) is 2.00. The number of nitrogens with one attached hydrogen (secondary N) is 1. The van der Waals surface area contributed by atoms with Gasteiger partial charge >= 0.3 is 5.97 Å². The lowest BCUT2D eigenvalue weighted by Gasteiger charge is -2.18. The number of halogens is 4. The van der Waals surface area contributed by atoms with Crippen LogP contribution in [0.5, 0.6) is 0 Å². The number of carbonyl (C=O) groups is 1. The van der Waals surface area contributed by atoms with E-state index in [9.17, 15) is 26.4 Å². The van der Waals surface area contributed by atoms with Crippen molar-refractivity contribution in [1.82, 2.24) is 4.72 Å². The molecule has 1 N–H and O–H groups in total. The number of methoxy groups -OCH3 is 1. The normalized spacial score (nSPS) is 12.7. The predicted octanol–water partition coefficient (Wildman–Crippen LogP) is 3.06. The summed E-state index contributed by atoms with van der Waals surface area (Å²) in [5, 5.41) is 0. The van der Waals surface area contributed by atoms with Gasteiger partial charge in [-0.05, 0) is 52.3 Å². The highest BCUT2D eigenvalue weighted by Gasteiger charge is 2.31. The van der Waals surface area contributed by atoms with Crippen LogP contribution >= 0.6 is 15.9 Å². The summed E-state index contributed by atoms with van der Waals surface area (Å²) < 4.78 is 71.7. The third-order valence-electron chi connectivity index (χ3n) is 3.16. The zero-order chi connectivity index (χ0) is 18.8. The highest BCUT2D eigenvalue weighted by Crippen LogP contribution is 2.26. The number of esters is 1. The molecule has 0 saturated heterocycles. The smallest absolute Gasteiger partial charge is 0.328 e. The van der Waals surface area contributed by atoms with Gasteiger partial charge < -0.3 is 4.74 Å². The number of rotatable bonds is 5. The first-order chi connectivity index (χ1) is 11.7. The number of hydrogen-bond acceptors (Lipinski definition) is 4. The summed E-state index contributed by atoms with van der Waals surface area (Å²) in [5.74, 6) is -3.71. The van der Waals surface area contributed by atoms with E-state index < -0.39 is 45.0 Å². The molecule has 2 rings (SSSR count). The van der Waals surface area contributed by atoms with Crippen molar-refractivity contribution in [2.45, 2.75) is 10.9 Å². The second kappa shape index (κ2) is 7.54. The van der Waals surface area contributed by atoms with Gasteiger partial charge in [-0.2, -0.15) is 4.72 Å². The van der Waals surface area contributed by atoms with Crippen LogP contribution in [-0.4, -0.2) is 21.5 Å². The zero-order valence-corrected chi connectivity index (χ0v) is 15.0. The molecule has 2 aromatic rings. The van der Waals surface area contributed by atoms with Gasteiger partial charge in [0.15, 0.2) is 0 Å². The second-order valence-corrected chi connectivity index (χ2v) is 7.35. The van der Waals surface area contributed by atoms with Crippen LogP contribution in [0.25, 0.3) is 0 Å². The fraction of sp³-hybridized carbons (Fsp3) is 0.133. The predicted molar refractivity (Wildman–Crippen MR) is 85.5 cm³/mol. The molecular weight excluding hydrogens is 427 g/mol. The Morgan fingerprint density at radius 2 is 1.72 bits per heavy atom. The quantitative estimate of drug-likeness (QED) is 0.729. The van der Waals surface area contributed by atoms with Gasteiger partial charge in [0, 0.05) is 10.0 Å². The van der Waals surface area contributed by atoms with Gasteiger partial charge in [-0.1, -0.05) is 0 Å². The topological polar surface area (TPSA) is 72.5 Å². The maximum atomic E-state index is 14.0. The standard InChI is InChI=1S/C15H11BrF3NO4S/c1-24-15(21)14(10-6-8(17)2-4-12(10)19)20-25(22,23)13-5-3-9(18)7-11(13)16/h2-7,14,20H,1H3. The molecule has 0 radical (unpaired) electrons. The molecular formula is C15H11BrF3NO4S. The Hall–Kier alpha value is -1.91. The second-order valence-electron chi connectivity index (χ2n) is 4.82.